The highest BCUT2D eigenvalue weighted by Crippen LogP contribution is 2.65. The number of hydrogen-bond acceptors (Lipinski definition) is 5. The summed E-state index contributed by atoms with van der Waals surface area (Å²) in [6.45, 7) is 2.12. The number of rotatable bonds is 5. The Hall–Kier alpha value is -3.02. The fourth-order valence-corrected chi connectivity index (χ4v) is 4.04. The Balaban J connectivity index is 1.71. The molecule has 1 saturated heterocycles. The molecule has 0 spiro atoms. The van der Waals surface area contributed by atoms with Gasteiger partial charge in [0.25, 0.3) is 0 Å². The van der Waals surface area contributed by atoms with Gasteiger partial charge in [-0.2, -0.15) is 0 Å². The Bertz CT molecular complexity index is 868. The summed E-state index contributed by atoms with van der Waals surface area (Å²) in [6.07, 6.45) is 3.16. The zero-order valence-electron chi connectivity index (χ0n) is 14.3. The maximum atomic E-state index is 13.3. The lowest BCUT2D eigenvalue weighted by atomic mass is 9.93. The number of imide groups is 1. The molecule has 0 radical (unpaired) electrons. The Labute approximate surface area is 150 Å². The molecule has 1 aliphatic heterocycles. The van der Waals surface area contributed by atoms with Gasteiger partial charge < -0.3 is 4.74 Å². The van der Waals surface area contributed by atoms with E-state index in [1.807, 2.05) is 30.3 Å². The number of esters is 1. The second-order valence-electron chi connectivity index (χ2n) is 6.53. The number of amides is 2. The molecule has 4 rings (SSSR count). The Morgan fingerprint density at radius 2 is 1.96 bits per heavy atom. The summed E-state index contributed by atoms with van der Waals surface area (Å²) in [5, 5.41) is 0. The average molecular weight is 350 g/mol. The van der Waals surface area contributed by atoms with Gasteiger partial charge in [0, 0.05) is 12.4 Å². The smallest absolute Gasteiger partial charge is 0.311 e. The highest BCUT2D eigenvalue weighted by molar-refractivity contribution is 6.19. The molecule has 26 heavy (non-hydrogen) atoms. The molecule has 2 heterocycles. The predicted molar refractivity (Wildman–Crippen MR) is 91.5 cm³/mol. The van der Waals surface area contributed by atoms with Gasteiger partial charge in [-0.05, 0) is 24.1 Å². The van der Waals surface area contributed by atoms with Crippen molar-refractivity contribution in [2.75, 3.05) is 6.61 Å². The van der Waals surface area contributed by atoms with Gasteiger partial charge in [-0.3, -0.25) is 24.3 Å². The summed E-state index contributed by atoms with van der Waals surface area (Å²) in [7, 11) is 0. The van der Waals surface area contributed by atoms with E-state index >= 15 is 0 Å². The van der Waals surface area contributed by atoms with Gasteiger partial charge in [0.2, 0.25) is 11.8 Å². The number of nitrogens with zero attached hydrogens (tertiary/aromatic N) is 2. The van der Waals surface area contributed by atoms with Crippen LogP contribution in [0.25, 0.3) is 0 Å². The number of aromatic nitrogens is 1. The minimum Gasteiger partial charge on any atom is -0.466 e. The van der Waals surface area contributed by atoms with Crippen molar-refractivity contribution >= 4 is 17.8 Å². The predicted octanol–water partition coefficient (Wildman–Crippen LogP) is 1.70. The summed E-state index contributed by atoms with van der Waals surface area (Å²) in [4.78, 5) is 43.9. The van der Waals surface area contributed by atoms with Gasteiger partial charge in [-0.25, -0.2) is 0 Å². The number of benzene rings is 1. The van der Waals surface area contributed by atoms with E-state index in [1.54, 1.807) is 31.5 Å². The molecule has 1 aromatic heterocycles. The molecule has 2 aromatic rings. The van der Waals surface area contributed by atoms with Crippen LogP contribution in [0.1, 0.15) is 18.1 Å². The first kappa shape index (κ1) is 16.4. The number of fused-ring (bicyclic) bond motifs is 1. The molecule has 2 fully saturated rings. The number of pyridine rings is 1. The van der Waals surface area contributed by atoms with Gasteiger partial charge in [-0.1, -0.05) is 36.4 Å². The van der Waals surface area contributed by atoms with Crippen molar-refractivity contribution in [3.05, 3.63) is 66.0 Å². The zero-order valence-corrected chi connectivity index (χ0v) is 14.3. The molecule has 1 saturated carbocycles. The van der Waals surface area contributed by atoms with Gasteiger partial charge in [0.1, 0.15) is 5.41 Å². The number of piperidine rings is 1. The van der Waals surface area contributed by atoms with Crippen LogP contribution in [0.5, 0.6) is 0 Å². The van der Waals surface area contributed by atoms with Gasteiger partial charge in [0.15, 0.2) is 0 Å². The zero-order chi connectivity index (χ0) is 18.3. The molecule has 3 unspecified atom stereocenters. The molecular formula is C20H18N2O4. The molecule has 0 N–H and O–H groups in total. The SMILES string of the molecule is CCOC(=O)C1C2C(=O)N(Cc3ccccc3)C(=O)C12c1cccnc1. The van der Waals surface area contributed by atoms with Crippen molar-refractivity contribution in [1.82, 2.24) is 9.88 Å². The van der Waals surface area contributed by atoms with Crippen LogP contribution in [-0.4, -0.2) is 34.3 Å². The van der Waals surface area contributed by atoms with E-state index in [2.05, 4.69) is 4.98 Å². The topological polar surface area (TPSA) is 76.6 Å². The van der Waals surface area contributed by atoms with Gasteiger partial charge >= 0.3 is 5.97 Å². The van der Waals surface area contributed by atoms with Crippen molar-refractivity contribution < 1.29 is 19.1 Å². The first-order chi connectivity index (χ1) is 12.6. The van der Waals surface area contributed by atoms with E-state index in [0.29, 0.717) is 5.56 Å². The highest BCUT2D eigenvalue weighted by atomic mass is 16.5. The second-order valence-corrected chi connectivity index (χ2v) is 6.53. The summed E-state index contributed by atoms with van der Waals surface area (Å²) in [5.74, 6) is -2.63. The third-order valence-corrected chi connectivity index (χ3v) is 5.20. The van der Waals surface area contributed by atoms with E-state index in [4.69, 9.17) is 4.74 Å². The van der Waals surface area contributed by atoms with E-state index in [1.165, 1.54) is 4.90 Å². The van der Waals surface area contributed by atoms with Crippen LogP contribution in [-0.2, 0) is 31.1 Å². The summed E-state index contributed by atoms with van der Waals surface area (Å²) < 4.78 is 5.12. The molecule has 6 nitrogen and oxygen atoms in total. The van der Waals surface area contributed by atoms with Crippen LogP contribution in [0.3, 0.4) is 0 Å². The number of hydrogen-bond donors (Lipinski definition) is 0. The molecular weight excluding hydrogens is 332 g/mol. The van der Waals surface area contributed by atoms with E-state index < -0.39 is 23.2 Å². The first-order valence-electron chi connectivity index (χ1n) is 8.59. The summed E-state index contributed by atoms with van der Waals surface area (Å²) in [6, 6.07) is 12.8. The summed E-state index contributed by atoms with van der Waals surface area (Å²) >= 11 is 0. The van der Waals surface area contributed by atoms with Crippen LogP contribution < -0.4 is 0 Å². The maximum absolute atomic E-state index is 13.3. The van der Waals surface area contributed by atoms with Crippen molar-refractivity contribution in [3.8, 4) is 0 Å². The number of likely N-dealkylation sites (tertiary alicyclic amines) is 1. The van der Waals surface area contributed by atoms with Crippen LogP contribution in [0.15, 0.2) is 54.9 Å². The quantitative estimate of drug-likeness (QED) is 0.606. The Morgan fingerprint density at radius 1 is 1.19 bits per heavy atom. The Kier molecular flexibility index (Phi) is 3.83. The standard InChI is InChI=1S/C20H18N2O4/c1-2-26-18(24)16-15-17(23)22(12-13-7-4-3-5-8-13)19(25)20(15,16)14-9-6-10-21-11-14/h3-11,15-16H,2,12H2,1H3. The number of ether oxygens (including phenoxy) is 1. The maximum Gasteiger partial charge on any atom is 0.311 e. The lowest BCUT2D eigenvalue weighted by Gasteiger charge is -2.22. The minimum absolute atomic E-state index is 0.201. The molecule has 3 atom stereocenters. The Morgan fingerprint density at radius 3 is 2.62 bits per heavy atom. The first-order valence-corrected chi connectivity index (χ1v) is 8.59. The van der Waals surface area contributed by atoms with Crippen LogP contribution in [0.4, 0.5) is 0 Å². The van der Waals surface area contributed by atoms with Crippen molar-refractivity contribution in [2.45, 2.75) is 18.9 Å². The third-order valence-electron chi connectivity index (χ3n) is 5.20. The van der Waals surface area contributed by atoms with E-state index in [-0.39, 0.29) is 25.0 Å². The minimum atomic E-state index is -1.17. The van der Waals surface area contributed by atoms with Gasteiger partial charge in [-0.15, -0.1) is 0 Å². The summed E-state index contributed by atoms with van der Waals surface area (Å²) in [5.41, 5.74) is 0.285. The van der Waals surface area contributed by atoms with Crippen LogP contribution in [0.2, 0.25) is 0 Å². The lowest BCUT2D eigenvalue weighted by molar-refractivity contribution is -0.152. The largest absolute Gasteiger partial charge is 0.466 e. The molecule has 132 valence electrons. The van der Waals surface area contributed by atoms with Crippen molar-refractivity contribution in [3.63, 3.8) is 0 Å². The van der Waals surface area contributed by atoms with E-state index in [9.17, 15) is 14.4 Å². The normalized spacial score (nSPS) is 26.6. The number of carbonyl (C=O) groups excluding carboxylic acids is 3. The molecule has 6 heteroatoms. The van der Waals surface area contributed by atoms with Crippen molar-refractivity contribution in [1.29, 1.82) is 0 Å². The van der Waals surface area contributed by atoms with Crippen LogP contribution in [0, 0.1) is 11.8 Å². The van der Waals surface area contributed by atoms with Crippen LogP contribution >= 0.6 is 0 Å². The van der Waals surface area contributed by atoms with E-state index in [0.717, 1.165) is 5.56 Å². The fourth-order valence-electron chi connectivity index (χ4n) is 4.04. The molecule has 1 aromatic carbocycles. The molecule has 1 aliphatic carbocycles. The highest BCUT2D eigenvalue weighted by Gasteiger charge is 2.83. The van der Waals surface area contributed by atoms with Gasteiger partial charge in [0.05, 0.1) is 25.0 Å². The number of carbonyl (C=O) groups is 3. The average Bonchev–Trinajstić information content (AvgIpc) is 3.33. The third kappa shape index (κ3) is 2.18. The van der Waals surface area contributed by atoms with Crippen molar-refractivity contribution in [2.24, 2.45) is 11.8 Å². The lowest BCUT2D eigenvalue weighted by Crippen LogP contribution is -2.39. The fraction of sp³-hybridized carbons (Fsp3) is 0.300. The molecule has 2 amide bonds. The molecule has 0 bridgehead atoms. The second kappa shape index (κ2) is 6.05. The molecule has 2 aliphatic rings. The monoisotopic (exact) mass is 350 g/mol.